The third-order valence-electron chi connectivity index (χ3n) is 4.39. The molecule has 0 spiro atoms. The van der Waals surface area contributed by atoms with E-state index in [2.05, 4.69) is 0 Å². The molecule has 2 rings (SSSR count). The first-order valence-corrected chi connectivity index (χ1v) is 7.08. The van der Waals surface area contributed by atoms with Crippen LogP contribution in [0.4, 0.5) is 4.79 Å². The van der Waals surface area contributed by atoms with E-state index in [4.69, 9.17) is 4.74 Å². The number of nitrogens with zero attached hydrogens (tertiary/aromatic N) is 1. The van der Waals surface area contributed by atoms with Gasteiger partial charge in [0.05, 0.1) is 5.41 Å². The smallest absolute Gasteiger partial charge is 0.410 e. The van der Waals surface area contributed by atoms with E-state index in [1.165, 1.54) is 4.90 Å². The van der Waals surface area contributed by atoms with E-state index >= 15 is 0 Å². The Labute approximate surface area is 124 Å². The average molecular weight is 291 g/mol. The molecule has 0 saturated carbocycles. The molecule has 114 valence electrons. The average Bonchev–Trinajstić information content (AvgIpc) is 2.77. The lowest BCUT2D eigenvalue weighted by molar-refractivity contribution is -0.148. The predicted molar refractivity (Wildman–Crippen MR) is 77.8 cm³/mol. The third-order valence-corrected chi connectivity index (χ3v) is 4.39. The Balaban J connectivity index is 2.01. The van der Waals surface area contributed by atoms with Gasteiger partial charge in [0.15, 0.2) is 0 Å². The summed E-state index contributed by atoms with van der Waals surface area (Å²) in [5.74, 6) is -0.976. The number of hydrogen-bond donors (Lipinski definition) is 1. The number of rotatable bonds is 3. The summed E-state index contributed by atoms with van der Waals surface area (Å²) in [6.07, 6.45) is -0.811. The highest BCUT2D eigenvalue weighted by Gasteiger charge is 2.48. The van der Waals surface area contributed by atoms with E-state index in [0.29, 0.717) is 6.54 Å². The fourth-order valence-electron chi connectivity index (χ4n) is 2.58. The monoisotopic (exact) mass is 291 g/mol. The molecule has 1 aliphatic heterocycles. The summed E-state index contributed by atoms with van der Waals surface area (Å²) >= 11 is 0. The molecule has 1 unspecified atom stereocenters. The first kappa shape index (κ1) is 15.4. The van der Waals surface area contributed by atoms with Crippen LogP contribution in [0.1, 0.15) is 32.4 Å². The zero-order valence-electron chi connectivity index (χ0n) is 12.6. The van der Waals surface area contributed by atoms with Crippen molar-refractivity contribution >= 4 is 12.1 Å². The van der Waals surface area contributed by atoms with Crippen molar-refractivity contribution in [2.45, 2.75) is 26.9 Å². The molecular weight excluding hydrogens is 270 g/mol. The van der Waals surface area contributed by atoms with E-state index in [9.17, 15) is 14.7 Å². The quantitative estimate of drug-likeness (QED) is 0.929. The maximum absolute atomic E-state index is 12.2. The fourth-order valence-corrected chi connectivity index (χ4v) is 2.58. The molecule has 5 heteroatoms. The molecule has 0 bridgehead atoms. The maximum Gasteiger partial charge on any atom is 0.410 e. The van der Waals surface area contributed by atoms with E-state index in [1.807, 2.05) is 44.2 Å². The van der Waals surface area contributed by atoms with Crippen LogP contribution in [-0.4, -0.2) is 35.2 Å². The summed E-state index contributed by atoms with van der Waals surface area (Å²) in [7, 11) is 0. The van der Waals surface area contributed by atoms with Crippen LogP contribution < -0.4 is 0 Å². The molecule has 1 fully saturated rings. The highest BCUT2D eigenvalue weighted by atomic mass is 16.6. The minimum absolute atomic E-state index is 0.102. The second kappa shape index (κ2) is 5.76. The standard InChI is InChI=1S/C16H21NO4/c1-11-9-17(10-16(11,3)14(18)19)15(20)21-12(2)13-7-5-4-6-8-13/h4-8,11-12H,9-10H2,1-3H3,(H,18,19)/t11-,12?,16+/m1/s1. The number of carboxylic acids is 1. The summed E-state index contributed by atoms with van der Waals surface area (Å²) in [6, 6.07) is 9.47. The first-order valence-electron chi connectivity index (χ1n) is 7.08. The Morgan fingerprint density at radius 3 is 2.52 bits per heavy atom. The molecular formula is C16H21NO4. The van der Waals surface area contributed by atoms with E-state index < -0.39 is 17.5 Å². The minimum atomic E-state index is -0.908. The second-order valence-corrected chi connectivity index (χ2v) is 5.94. The number of hydrogen-bond acceptors (Lipinski definition) is 3. The Morgan fingerprint density at radius 2 is 2.00 bits per heavy atom. The first-order chi connectivity index (χ1) is 9.84. The molecule has 1 aromatic carbocycles. The van der Waals surface area contributed by atoms with Crippen molar-refractivity contribution in [2.24, 2.45) is 11.3 Å². The van der Waals surface area contributed by atoms with Gasteiger partial charge in [-0.05, 0) is 25.3 Å². The molecule has 0 aromatic heterocycles. The van der Waals surface area contributed by atoms with Gasteiger partial charge in [-0.2, -0.15) is 0 Å². The van der Waals surface area contributed by atoms with Gasteiger partial charge < -0.3 is 14.7 Å². The van der Waals surface area contributed by atoms with Crippen molar-refractivity contribution in [3.05, 3.63) is 35.9 Å². The second-order valence-electron chi connectivity index (χ2n) is 5.94. The maximum atomic E-state index is 12.2. The van der Waals surface area contributed by atoms with Gasteiger partial charge in [0, 0.05) is 13.1 Å². The molecule has 1 aromatic rings. The Bertz CT molecular complexity index is 530. The van der Waals surface area contributed by atoms with Crippen LogP contribution in [0.2, 0.25) is 0 Å². The van der Waals surface area contributed by atoms with Gasteiger partial charge in [-0.3, -0.25) is 4.79 Å². The Kier molecular flexibility index (Phi) is 4.21. The summed E-state index contributed by atoms with van der Waals surface area (Å²) in [6.45, 7) is 5.92. The number of carboxylic acid groups (broad SMARTS) is 1. The SMILES string of the molecule is CC(OC(=O)N1C[C@@H](C)[C@@](C)(C(=O)O)C1)c1ccccc1. The van der Waals surface area contributed by atoms with Crippen molar-refractivity contribution in [1.29, 1.82) is 0 Å². The fraction of sp³-hybridized carbons (Fsp3) is 0.500. The number of likely N-dealkylation sites (tertiary alicyclic amines) is 1. The number of carbonyl (C=O) groups excluding carboxylic acids is 1. The number of carbonyl (C=O) groups is 2. The zero-order chi connectivity index (χ0) is 15.6. The lowest BCUT2D eigenvalue weighted by Crippen LogP contribution is -2.36. The highest BCUT2D eigenvalue weighted by Crippen LogP contribution is 2.36. The minimum Gasteiger partial charge on any atom is -0.481 e. The van der Waals surface area contributed by atoms with Gasteiger partial charge >= 0.3 is 12.1 Å². The third kappa shape index (κ3) is 3.01. The molecule has 3 atom stereocenters. The highest BCUT2D eigenvalue weighted by molar-refractivity contribution is 5.78. The molecule has 1 heterocycles. The molecule has 1 N–H and O–H groups in total. The van der Waals surface area contributed by atoms with Crippen LogP contribution >= 0.6 is 0 Å². The van der Waals surface area contributed by atoms with Crippen LogP contribution in [0.25, 0.3) is 0 Å². The van der Waals surface area contributed by atoms with Crippen LogP contribution in [0, 0.1) is 11.3 Å². The molecule has 1 amide bonds. The zero-order valence-corrected chi connectivity index (χ0v) is 12.6. The molecule has 0 radical (unpaired) electrons. The van der Waals surface area contributed by atoms with Gasteiger partial charge in [0.2, 0.25) is 0 Å². The van der Waals surface area contributed by atoms with Crippen molar-refractivity contribution < 1.29 is 19.4 Å². The van der Waals surface area contributed by atoms with Gasteiger partial charge in [0.25, 0.3) is 0 Å². The van der Waals surface area contributed by atoms with Crippen LogP contribution in [0.3, 0.4) is 0 Å². The topological polar surface area (TPSA) is 66.8 Å². The molecule has 21 heavy (non-hydrogen) atoms. The van der Waals surface area contributed by atoms with Crippen molar-refractivity contribution in [3.8, 4) is 0 Å². The largest absolute Gasteiger partial charge is 0.481 e. The van der Waals surface area contributed by atoms with Crippen LogP contribution in [0.15, 0.2) is 30.3 Å². The van der Waals surface area contributed by atoms with Crippen molar-refractivity contribution in [2.75, 3.05) is 13.1 Å². The summed E-state index contributed by atoms with van der Waals surface area (Å²) in [4.78, 5) is 25.0. The Morgan fingerprint density at radius 1 is 1.38 bits per heavy atom. The molecule has 0 aliphatic carbocycles. The Hall–Kier alpha value is -2.04. The number of ether oxygens (including phenoxy) is 1. The van der Waals surface area contributed by atoms with Crippen molar-refractivity contribution in [1.82, 2.24) is 4.90 Å². The number of amides is 1. The van der Waals surface area contributed by atoms with Gasteiger partial charge in [-0.15, -0.1) is 0 Å². The van der Waals surface area contributed by atoms with Gasteiger partial charge in [-0.1, -0.05) is 37.3 Å². The predicted octanol–water partition coefficient (Wildman–Crippen LogP) is 2.93. The summed E-state index contributed by atoms with van der Waals surface area (Å²) in [5.41, 5.74) is 0.00809. The van der Waals surface area contributed by atoms with Crippen LogP contribution in [0.5, 0.6) is 0 Å². The van der Waals surface area contributed by atoms with Gasteiger partial charge in [-0.25, -0.2) is 4.79 Å². The van der Waals surface area contributed by atoms with Crippen LogP contribution in [-0.2, 0) is 9.53 Å². The summed E-state index contributed by atoms with van der Waals surface area (Å²) in [5, 5.41) is 9.32. The number of aliphatic carboxylic acids is 1. The molecule has 1 aliphatic rings. The molecule has 1 saturated heterocycles. The van der Waals surface area contributed by atoms with E-state index in [0.717, 1.165) is 5.56 Å². The lowest BCUT2D eigenvalue weighted by atomic mass is 9.81. The summed E-state index contributed by atoms with van der Waals surface area (Å²) < 4.78 is 5.44. The molecule has 5 nitrogen and oxygen atoms in total. The van der Waals surface area contributed by atoms with E-state index in [-0.39, 0.29) is 18.6 Å². The van der Waals surface area contributed by atoms with Gasteiger partial charge in [0.1, 0.15) is 6.10 Å². The van der Waals surface area contributed by atoms with Crippen molar-refractivity contribution in [3.63, 3.8) is 0 Å². The lowest BCUT2D eigenvalue weighted by Gasteiger charge is -2.23. The van der Waals surface area contributed by atoms with E-state index in [1.54, 1.807) is 6.92 Å². The normalized spacial score (nSPS) is 26.4. The number of benzene rings is 1.